The molecule has 1 aliphatic rings. The summed E-state index contributed by atoms with van der Waals surface area (Å²) < 4.78 is 52.0. The van der Waals surface area contributed by atoms with E-state index in [0.29, 0.717) is 23.2 Å². The van der Waals surface area contributed by atoms with Crippen LogP contribution >= 0.6 is 15.9 Å². The molecule has 1 amide bonds. The molecule has 10 heteroatoms. The number of nitrogens with zero attached hydrogens (tertiary/aromatic N) is 1. The van der Waals surface area contributed by atoms with Crippen LogP contribution in [0.15, 0.2) is 45.8 Å². The lowest BCUT2D eigenvalue weighted by Gasteiger charge is -2.26. The van der Waals surface area contributed by atoms with Crippen molar-refractivity contribution in [3.05, 3.63) is 57.8 Å². The molecule has 2 aromatic rings. The molecule has 0 unspecified atom stereocenters. The Morgan fingerprint density at radius 3 is 2.66 bits per heavy atom. The van der Waals surface area contributed by atoms with Gasteiger partial charge in [0.2, 0.25) is 10.0 Å². The van der Waals surface area contributed by atoms with Gasteiger partial charge in [-0.05, 0) is 36.4 Å². The number of amides is 1. The number of methoxy groups -OCH3 is 1. The van der Waals surface area contributed by atoms with E-state index >= 15 is 0 Å². The Hall–Kier alpha value is -2.01. The zero-order valence-corrected chi connectivity index (χ0v) is 18.1. The zero-order valence-electron chi connectivity index (χ0n) is 15.7. The Morgan fingerprint density at radius 2 is 1.97 bits per heavy atom. The number of nitrogens with one attached hydrogen (secondary N) is 1. The standard InChI is InChI=1S/C19H20BrFN2O5S/c1-27-18-5-3-15(29(25,26)23-6-8-28-9-7-23)11-16(18)19(24)22-12-13-10-14(20)2-4-17(13)21/h2-5,10-11H,6-9,12H2,1H3,(H,22,24). The van der Waals surface area contributed by atoms with Gasteiger partial charge in [0.15, 0.2) is 0 Å². The summed E-state index contributed by atoms with van der Waals surface area (Å²) in [6.45, 7) is 1.08. The van der Waals surface area contributed by atoms with Gasteiger partial charge in [0.1, 0.15) is 11.6 Å². The van der Waals surface area contributed by atoms with E-state index in [4.69, 9.17) is 9.47 Å². The summed E-state index contributed by atoms with van der Waals surface area (Å²) in [6, 6.07) is 8.52. The summed E-state index contributed by atoms with van der Waals surface area (Å²) in [5, 5.41) is 2.61. The molecule has 0 atom stereocenters. The van der Waals surface area contributed by atoms with Gasteiger partial charge in [0.05, 0.1) is 30.8 Å². The molecule has 1 aliphatic heterocycles. The average Bonchev–Trinajstić information content (AvgIpc) is 2.74. The van der Waals surface area contributed by atoms with Crippen molar-refractivity contribution < 1.29 is 27.1 Å². The van der Waals surface area contributed by atoms with Crippen LogP contribution in [0.4, 0.5) is 4.39 Å². The number of carbonyl (C=O) groups is 1. The third-order valence-electron chi connectivity index (χ3n) is 4.47. The largest absolute Gasteiger partial charge is 0.496 e. The van der Waals surface area contributed by atoms with E-state index in [9.17, 15) is 17.6 Å². The molecule has 0 bridgehead atoms. The van der Waals surface area contributed by atoms with Crippen LogP contribution in [0.2, 0.25) is 0 Å². The molecule has 0 spiro atoms. The highest BCUT2D eigenvalue weighted by molar-refractivity contribution is 9.10. The van der Waals surface area contributed by atoms with Crippen molar-refractivity contribution in [2.24, 2.45) is 0 Å². The second kappa shape index (κ2) is 9.21. The molecular weight excluding hydrogens is 467 g/mol. The van der Waals surface area contributed by atoms with E-state index in [1.54, 1.807) is 12.1 Å². The van der Waals surface area contributed by atoms with Crippen molar-refractivity contribution in [1.29, 1.82) is 0 Å². The second-order valence-electron chi connectivity index (χ2n) is 6.30. The molecule has 1 fully saturated rings. The maximum Gasteiger partial charge on any atom is 0.255 e. The second-order valence-corrected chi connectivity index (χ2v) is 9.15. The summed E-state index contributed by atoms with van der Waals surface area (Å²) >= 11 is 3.26. The van der Waals surface area contributed by atoms with Gasteiger partial charge < -0.3 is 14.8 Å². The van der Waals surface area contributed by atoms with Crippen molar-refractivity contribution >= 4 is 31.9 Å². The van der Waals surface area contributed by atoms with Gasteiger partial charge >= 0.3 is 0 Å². The fraction of sp³-hybridized carbons (Fsp3) is 0.316. The van der Waals surface area contributed by atoms with Crippen LogP contribution in [0.3, 0.4) is 0 Å². The van der Waals surface area contributed by atoms with Gasteiger partial charge in [0, 0.05) is 29.7 Å². The SMILES string of the molecule is COc1ccc(S(=O)(=O)N2CCOCC2)cc1C(=O)NCc1cc(Br)ccc1F. The molecule has 0 saturated carbocycles. The van der Waals surface area contributed by atoms with Crippen LogP contribution in [0.5, 0.6) is 5.75 Å². The maximum absolute atomic E-state index is 13.9. The number of rotatable bonds is 6. The Labute approximate surface area is 177 Å². The number of benzene rings is 2. The lowest BCUT2D eigenvalue weighted by Crippen LogP contribution is -2.40. The molecule has 156 valence electrons. The lowest BCUT2D eigenvalue weighted by atomic mass is 10.1. The fourth-order valence-electron chi connectivity index (χ4n) is 2.91. The van der Waals surface area contributed by atoms with Crippen LogP contribution < -0.4 is 10.1 Å². The van der Waals surface area contributed by atoms with Crippen molar-refractivity contribution in [2.45, 2.75) is 11.4 Å². The number of sulfonamides is 1. The van der Waals surface area contributed by atoms with Crippen LogP contribution in [0, 0.1) is 5.82 Å². The first kappa shape index (κ1) is 21.7. The molecule has 29 heavy (non-hydrogen) atoms. The number of hydrogen-bond donors (Lipinski definition) is 1. The van der Waals surface area contributed by atoms with Crippen LogP contribution in [0.25, 0.3) is 0 Å². The number of ether oxygens (including phenoxy) is 2. The molecule has 3 rings (SSSR count). The normalized spacial score (nSPS) is 15.1. The predicted octanol–water partition coefficient (Wildman–Crippen LogP) is 2.55. The highest BCUT2D eigenvalue weighted by Crippen LogP contribution is 2.25. The summed E-state index contributed by atoms with van der Waals surface area (Å²) in [5.41, 5.74) is 0.348. The fourth-order valence-corrected chi connectivity index (χ4v) is 4.75. The minimum Gasteiger partial charge on any atom is -0.496 e. The van der Waals surface area contributed by atoms with Crippen molar-refractivity contribution in [3.63, 3.8) is 0 Å². The number of halogens is 2. The highest BCUT2D eigenvalue weighted by Gasteiger charge is 2.28. The summed E-state index contributed by atoms with van der Waals surface area (Å²) in [5.74, 6) is -0.803. The molecule has 2 aromatic carbocycles. The van der Waals surface area contributed by atoms with Gasteiger partial charge in [-0.15, -0.1) is 0 Å². The molecule has 1 N–H and O–H groups in total. The van der Waals surface area contributed by atoms with E-state index < -0.39 is 21.7 Å². The topological polar surface area (TPSA) is 84.9 Å². The Balaban J connectivity index is 1.84. The minimum atomic E-state index is -3.77. The summed E-state index contributed by atoms with van der Waals surface area (Å²) in [7, 11) is -2.39. The number of hydrogen-bond acceptors (Lipinski definition) is 5. The lowest BCUT2D eigenvalue weighted by molar-refractivity contribution is 0.0730. The molecule has 0 aliphatic carbocycles. The number of carbonyl (C=O) groups excluding carboxylic acids is 1. The van der Waals surface area contributed by atoms with Gasteiger partial charge in [-0.2, -0.15) is 4.31 Å². The van der Waals surface area contributed by atoms with Crippen LogP contribution in [-0.4, -0.2) is 52.0 Å². The highest BCUT2D eigenvalue weighted by atomic mass is 79.9. The molecule has 1 saturated heterocycles. The van der Waals surface area contributed by atoms with Gasteiger partial charge in [0.25, 0.3) is 5.91 Å². The van der Waals surface area contributed by atoms with Crippen molar-refractivity contribution in [2.75, 3.05) is 33.4 Å². The summed E-state index contributed by atoms with van der Waals surface area (Å²) in [4.78, 5) is 12.7. The molecule has 1 heterocycles. The third kappa shape index (κ3) is 4.95. The first-order chi connectivity index (χ1) is 13.8. The quantitative estimate of drug-likeness (QED) is 0.677. The Bertz CT molecular complexity index is 1010. The van der Waals surface area contributed by atoms with Gasteiger partial charge in [-0.1, -0.05) is 15.9 Å². The average molecular weight is 487 g/mol. The minimum absolute atomic E-state index is 0.0148. The zero-order chi connectivity index (χ0) is 21.0. The first-order valence-corrected chi connectivity index (χ1v) is 11.0. The van der Waals surface area contributed by atoms with Crippen molar-refractivity contribution in [1.82, 2.24) is 9.62 Å². The number of morpholine rings is 1. The van der Waals surface area contributed by atoms with E-state index in [0.717, 1.165) is 0 Å². The van der Waals surface area contributed by atoms with Gasteiger partial charge in [-0.25, -0.2) is 12.8 Å². The van der Waals surface area contributed by atoms with Gasteiger partial charge in [-0.3, -0.25) is 4.79 Å². The van der Waals surface area contributed by atoms with E-state index in [1.807, 2.05) is 0 Å². The Kier molecular flexibility index (Phi) is 6.89. The molecule has 0 radical (unpaired) electrons. The predicted molar refractivity (Wildman–Crippen MR) is 108 cm³/mol. The van der Waals surface area contributed by atoms with Crippen LogP contribution in [0.1, 0.15) is 15.9 Å². The van der Waals surface area contributed by atoms with E-state index in [1.165, 1.54) is 35.7 Å². The monoisotopic (exact) mass is 486 g/mol. The third-order valence-corrected chi connectivity index (χ3v) is 6.86. The molecular formula is C19H20BrFN2O5S. The molecule has 7 nitrogen and oxygen atoms in total. The van der Waals surface area contributed by atoms with E-state index in [-0.39, 0.29) is 35.8 Å². The Morgan fingerprint density at radius 1 is 1.24 bits per heavy atom. The smallest absolute Gasteiger partial charge is 0.255 e. The maximum atomic E-state index is 13.9. The van der Waals surface area contributed by atoms with Crippen LogP contribution in [-0.2, 0) is 21.3 Å². The molecule has 0 aromatic heterocycles. The summed E-state index contributed by atoms with van der Waals surface area (Å²) in [6.07, 6.45) is 0. The first-order valence-electron chi connectivity index (χ1n) is 8.81. The van der Waals surface area contributed by atoms with Crippen molar-refractivity contribution in [3.8, 4) is 5.75 Å². The van der Waals surface area contributed by atoms with E-state index in [2.05, 4.69) is 21.2 Å².